The van der Waals surface area contributed by atoms with Crippen LogP contribution in [0.4, 0.5) is 18.9 Å². The van der Waals surface area contributed by atoms with E-state index in [0.29, 0.717) is 29.8 Å². The SMILES string of the molecule is Cc1cc(N2C(=O)C=C(F)N3CCN=C32)ccc1Cl.FCF. The van der Waals surface area contributed by atoms with Crippen molar-refractivity contribution in [3.05, 3.63) is 40.8 Å². The number of nitrogens with zero attached hydrogens (tertiary/aromatic N) is 3. The number of aryl methyl sites for hydroxylation is 1. The van der Waals surface area contributed by atoms with Crippen LogP contribution in [0.15, 0.2) is 35.2 Å². The summed E-state index contributed by atoms with van der Waals surface area (Å²) in [6.45, 7) is 1.03. The highest BCUT2D eigenvalue weighted by Gasteiger charge is 2.35. The molecule has 0 atom stereocenters. The van der Waals surface area contributed by atoms with Crippen LogP contribution in [0, 0.1) is 6.92 Å². The molecule has 22 heavy (non-hydrogen) atoms. The largest absolute Gasteiger partial charge is 0.286 e. The van der Waals surface area contributed by atoms with Gasteiger partial charge in [-0.2, -0.15) is 4.39 Å². The second kappa shape index (κ2) is 6.83. The van der Waals surface area contributed by atoms with Gasteiger partial charge in [0.15, 0.2) is 0 Å². The summed E-state index contributed by atoms with van der Waals surface area (Å²) in [4.78, 5) is 19.0. The Morgan fingerprint density at radius 2 is 2.05 bits per heavy atom. The van der Waals surface area contributed by atoms with E-state index in [1.54, 1.807) is 18.2 Å². The number of hydrogen-bond donors (Lipinski definition) is 0. The molecule has 0 fully saturated rings. The van der Waals surface area contributed by atoms with Gasteiger partial charge in [-0.05, 0) is 30.7 Å². The van der Waals surface area contributed by atoms with Crippen LogP contribution in [0.5, 0.6) is 0 Å². The van der Waals surface area contributed by atoms with Crippen molar-refractivity contribution in [2.75, 3.05) is 24.9 Å². The van der Waals surface area contributed by atoms with Crippen molar-refractivity contribution in [3.63, 3.8) is 0 Å². The van der Waals surface area contributed by atoms with Crippen LogP contribution in [-0.4, -0.2) is 36.8 Å². The van der Waals surface area contributed by atoms with E-state index in [9.17, 15) is 18.0 Å². The molecular formula is C14H13ClF3N3O. The molecule has 1 amide bonds. The van der Waals surface area contributed by atoms with E-state index >= 15 is 0 Å². The summed E-state index contributed by atoms with van der Waals surface area (Å²) in [5.41, 5.74) is 1.49. The van der Waals surface area contributed by atoms with Crippen molar-refractivity contribution in [3.8, 4) is 0 Å². The number of guanidine groups is 1. The zero-order chi connectivity index (χ0) is 16.3. The molecule has 0 saturated carbocycles. The molecule has 0 unspecified atom stereocenters. The Balaban J connectivity index is 0.000000545. The van der Waals surface area contributed by atoms with Crippen LogP contribution >= 0.6 is 11.6 Å². The average molecular weight is 332 g/mol. The maximum Gasteiger partial charge on any atom is 0.262 e. The van der Waals surface area contributed by atoms with Gasteiger partial charge in [-0.15, -0.1) is 0 Å². The molecule has 118 valence electrons. The summed E-state index contributed by atoms with van der Waals surface area (Å²) < 4.78 is 32.9. The van der Waals surface area contributed by atoms with Crippen molar-refractivity contribution >= 4 is 29.2 Å². The molecule has 4 nitrogen and oxygen atoms in total. The number of amides is 1. The standard InChI is InChI=1S/C13H11ClFN3O.CH2F2/c1-8-6-9(2-3-10(8)14)18-12(19)7-11(15)17-5-4-16-13(17)18;2-1-3/h2-3,6-7H,4-5H2,1H3;1H2. The van der Waals surface area contributed by atoms with E-state index in [4.69, 9.17) is 11.6 Å². The van der Waals surface area contributed by atoms with Crippen LogP contribution in [0.2, 0.25) is 5.02 Å². The molecule has 0 N–H and O–H groups in total. The minimum atomic E-state index is -1.75. The zero-order valence-electron chi connectivity index (χ0n) is 11.7. The second-order valence-corrected chi connectivity index (χ2v) is 4.92. The van der Waals surface area contributed by atoms with E-state index in [-0.39, 0.29) is 0 Å². The first-order valence-electron chi connectivity index (χ1n) is 6.41. The van der Waals surface area contributed by atoms with Gasteiger partial charge in [0.05, 0.1) is 18.3 Å². The molecule has 2 heterocycles. The van der Waals surface area contributed by atoms with E-state index in [1.165, 1.54) is 9.80 Å². The van der Waals surface area contributed by atoms with E-state index in [0.717, 1.165) is 11.6 Å². The number of carbonyl (C=O) groups excluding carboxylic acids is 1. The number of rotatable bonds is 1. The summed E-state index contributed by atoms with van der Waals surface area (Å²) in [5, 5.41) is 0.625. The molecular weight excluding hydrogens is 319 g/mol. The monoisotopic (exact) mass is 331 g/mol. The minimum absolute atomic E-state index is 0.340. The molecule has 0 bridgehead atoms. The first-order valence-corrected chi connectivity index (χ1v) is 6.78. The molecule has 0 spiro atoms. The molecule has 3 rings (SSSR count). The fourth-order valence-electron chi connectivity index (χ4n) is 2.18. The maximum absolute atomic E-state index is 13.7. The quantitative estimate of drug-likeness (QED) is 0.740. The fourth-order valence-corrected chi connectivity index (χ4v) is 2.30. The number of aliphatic imine (C=N–C) groups is 1. The van der Waals surface area contributed by atoms with Crippen molar-refractivity contribution < 1.29 is 18.0 Å². The smallest absolute Gasteiger partial charge is 0.262 e. The zero-order valence-corrected chi connectivity index (χ0v) is 12.4. The third-order valence-corrected chi connectivity index (χ3v) is 3.56. The molecule has 2 aliphatic rings. The molecule has 0 aromatic heterocycles. The van der Waals surface area contributed by atoms with Gasteiger partial charge >= 0.3 is 0 Å². The van der Waals surface area contributed by atoms with Gasteiger partial charge in [0.25, 0.3) is 5.91 Å². The Labute approximate surface area is 130 Å². The number of anilines is 1. The fraction of sp³-hybridized carbons (Fsp3) is 0.286. The maximum atomic E-state index is 13.7. The minimum Gasteiger partial charge on any atom is -0.286 e. The Morgan fingerprint density at radius 1 is 1.36 bits per heavy atom. The Morgan fingerprint density at radius 3 is 2.68 bits per heavy atom. The van der Waals surface area contributed by atoms with Gasteiger partial charge in [0.1, 0.15) is 0 Å². The third kappa shape index (κ3) is 3.09. The van der Waals surface area contributed by atoms with Crippen LogP contribution in [0.3, 0.4) is 0 Å². The first-order chi connectivity index (χ1) is 10.5. The van der Waals surface area contributed by atoms with Gasteiger partial charge in [-0.25, -0.2) is 13.7 Å². The van der Waals surface area contributed by atoms with Gasteiger partial charge in [-0.1, -0.05) is 11.6 Å². The van der Waals surface area contributed by atoms with Gasteiger partial charge < -0.3 is 0 Å². The van der Waals surface area contributed by atoms with E-state index in [2.05, 4.69) is 4.99 Å². The van der Waals surface area contributed by atoms with Crippen molar-refractivity contribution in [1.82, 2.24) is 4.90 Å². The highest BCUT2D eigenvalue weighted by molar-refractivity contribution is 6.31. The van der Waals surface area contributed by atoms with Crippen molar-refractivity contribution in [2.24, 2.45) is 4.99 Å². The number of carbonyl (C=O) groups is 1. The number of benzene rings is 1. The van der Waals surface area contributed by atoms with E-state index in [1.807, 2.05) is 6.92 Å². The number of halogens is 4. The van der Waals surface area contributed by atoms with Crippen LogP contribution < -0.4 is 4.90 Å². The normalized spacial score (nSPS) is 16.7. The topological polar surface area (TPSA) is 35.9 Å². The highest BCUT2D eigenvalue weighted by atomic mass is 35.5. The summed E-state index contributed by atoms with van der Waals surface area (Å²) in [6, 6.07) is 5.23. The molecule has 0 radical (unpaired) electrons. The lowest BCUT2D eigenvalue weighted by Gasteiger charge is -2.31. The summed E-state index contributed by atoms with van der Waals surface area (Å²) in [6.07, 6.45) is 0.980. The molecule has 1 aromatic carbocycles. The number of hydrogen-bond acceptors (Lipinski definition) is 3. The average Bonchev–Trinajstić information content (AvgIpc) is 2.93. The summed E-state index contributed by atoms with van der Waals surface area (Å²) in [7, 11) is 0. The first kappa shape index (κ1) is 16.4. The lowest BCUT2D eigenvalue weighted by atomic mass is 10.2. The number of fused-ring (bicyclic) bond motifs is 1. The molecule has 1 aromatic rings. The van der Waals surface area contributed by atoms with Crippen molar-refractivity contribution in [2.45, 2.75) is 6.92 Å². The highest BCUT2D eigenvalue weighted by Crippen LogP contribution is 2.28. The molecule has 0 saturated heterocycles. The summed E-state index contributed by atoms with van der Waals surface area (Å²) >= 11 is 5.97. The molecule has 0 aliphatic carbocycles. The van der Waals surface area contributed by atoms with Gasteiger partial charge in [0.2, 0.25) is 18.8 Å². The van der Waals surface area contributed by atoms with Crippen LogP contribution in [0.25, 0.3) is 0 Å². The number of alkyl halides is 2. The van der Waals surface area contributed by atoms with Crippen molar-refractivity contribution in [1.29, 1.82) is 0 Å². The van der Waals surface area contributed by atoms with Crippen LogP contribution in [0.1, 0.15) is 5.56 Å². The Kier molecular flexibility index (Phi) is 5.07. The molecule has 8 heteroatoms. The lowest BCUT2D eigenvalue weighted by molar-refractivity contribution is -0.113. The van der Waals surface area contributed by atoms with Gasteiger partial charge in [0, 0.05) is 11.6 Å². The predicted molar refractivity (Wildman–Crippen MR) is 79.0 cm³/mol. The van der Waals surface area contributed by atoms with E-state index < -0.39 is 18.8 Å². The Hall–Kier alpha value is -2.02. The Bertz CT molecular complexity index is 648. The van der Waals surface area contributed by atoms with Gasteiger partial charge in [-0.3, -0.25) is 14.7 Å². The lowest BCUT2D eigenvalue weighted by Crippen LogP contribution is -2.47. The molecule has 2 aliphatic heterocycles. The third-order valence-electron chi connectivity index (χ3n) is 3.14. The predicted octanol–water partition coefficient (Wildman–Crippen LogP) is 3.36. The van der Waals surface area contributed by atoms with Crippen LogP contribution in [-0.2, 0) is 4.79 Å². The second-order valence-electron chi connectivity index (χ2n) is 4.51. The summed E-state index contributed by atoms with van der Waals surface area (Å²) in [5.74, 6) is -0.647.